The summed E-state index contributed by atoms with van der Waals surface area (Å²) in [5.41, 5.74) is 1.17. The van der Waals surface area contributed by atoms with E-state index in [0.29, 0.717) is 5.41 Å². The van der Waals surface area contributed by atoms with Gasteiger partial charge in [-0.2, -0.15) is 5.26 Å². The highest BCUT2D eigenvalue weighted by Gasteiger charge is 2.55. The van der Waals surface area contributed by atoms with E-state index in [0.717, 1.165) is 23.4 Å². The first-order valence-electron chi connectivity index (χ1n) is 7.36. The standard InChI is InChI=1S/C17H20ClN/c18-15-8-4-3-7-14(15)17(13-19)11-16(12-17)9-5-1-2-6-10-16/h3-4,7-8H,1-2,5-6,9-12H2. The molecule has 3 rings (SSSR count). The summed E-state index contributed by atoms with van der Waals surface area (Å²) < 4.78 is 0. The Bertz CT molecular complexity index is 498. The SMILES string of the molecule is N#CC1(c2ccccc2Cl)CC2(CCCCCC2)C1. The maximum absolute atomic E-state index is 9.69. The molecular weight excluding hydrogens is 254 g/mol. The smallest absolute Gasteiger partial charge is 0.0847 e. The molecule has 0 aromatic heterocycles. The van der Waals surface area contributed by atoms with Crippen LogP contribution in [0, 0.1) is 16.7 Å². The molecule has 0 atom stereocenters. The average molecular weight is 274 g/mol. The highest BCUT2D eigenvalue weighted by Crippen LogP contribution is 2.61. The van der Waals surface area contributed by atoms with E-state index in [2.05, 4.69) is 6.07 Å². The summed E-state index contributed by atoms with van der Waals surface area (Å²) in [4.78, 5) is 0. The summed E-state index contributed by atoms with van der Waals surface area (Å²) in [6, 6.07) is 10.5. The topological polar surface area (TPSA) is 23.8 Å². The molecule has 100 valence electrons. The quantitative estimate of drug-likeness (QED) is 0.687. The summed E-state index contributed by atoms with van der Waals surface area (Å²) in [7, 11) is 0. The second kappa shape index (κ2) is 4.84. The van der Waals surface area contributed by atoms with Gasteiger partial charge in [-0.1, -0.05) is 55.5 Å². The number of hydrogen-bond donors (Lipinski definition) is 0. The monoisotopic (exact) mass is 273 g/mol. The van der Waals surface area contributed by atoms with E-state index in [4.69, 9.17) is 11.6 Å². The van der Waals surface area contributed by atoms with Crippen molar-refractivity contribution in [2.75, 3.05) is 0 Å². The van der Waals surface area contributed by atoms with Gasteiger partial charge in [0.15, 0.2) is 0 Å². The fourth-order valence-corrected chi connectivity index (χ4v) is 4.56. The van der Waals surface area contributed by atoms with Crippen molar-refractivity contribution < 1.29 is 0 Å². The molecule has 19 heavy (non-hydrogen) atoms. The molecule has 0 N–H and O–H groups in total. The Morgan fingerprint density at radius 3 is 2.21 bits per heavy atom. The van der Waals surface area contributed by atoms with Crippen molar-refractivity contribution in [2.45, 2.75) is 56.8 Å². The Labute approximate surface area is 120 Å². The van der Waals surface area contributed by atoms with Gasteiger partial charge in [0.2, 0.25) is 0 Å². The lowest BCUT2D eigenvalue weighted by Crippen LogP contribution is -2.48. The van der Waals surface area contributed by atoms with Crippen LogP contribution >= 0.6 is 11.6 Å². The van der Waals surface area contributed by atoms with Crippen LogP contribution in [0.4, 0.5) is 0 Å². The Balaban J connectivity index is 1.85. The lowest BCUT2D eigenvalue weighted by atomic mass is 9.48. The minimum atomic E-state index is -0.317. The first-order chi connectivity index (χ1) is 9.20. The molecule has 2 heteroatoms. The van der Waals surface area contributed by atoms with Crippen LogP contribution < -0.4 is 0 Å². The van der Waals surface area contributed by atoms with Gasteiger partial charge in [0.1, 0.15) is 0 Å². The molecule has 1 aromatic rings. The van der Waals surface area contributed by atoms with E-state index in [1.807, 2.05) is 24.3 Å². The molecule has 1 spiro atoms. The number of hydrogen-bond acceptors (Lipinski definition) is 1. The van der Waals surface area contributed by atoms with Crippen LogP contribution in [0.3, 0.4) is 0 Å². The summed E-state index contributed by atoms with van der Waals surface area (Å²) >= 11 is 6.31. The molecular formula is C17H20ClN. The van der Waals surface area contributed by atoms with Crippen LogP contribution in [0.25, 0.3) is 0 Å². The molecule has 0 bridgehead atoms. The molecule has 0 aliphatic heterocycles. The third-order valence-electron chi connectivity index (χ3n) is 5.12. The molecule has 2 saturated carbocycles. The molecule has 2 aliphatic rings. The first-order valence-corrected chi connectivity index (χ1v) is 7.74. The lowest BCUT2D eigenvalue weighted by molar-refractivity contribution is 0.0399. The van der Waals surface area contributed by atoms with Crippen LogP contribution in [0.1, 0.15) is 56.9 Å². The van der Waals surface area contributed by atoms with Gasteiger partial charge in [-0.15, -0.1) is 0 Å². The Morgan fingerprint density at radius 2 is 1.63 bits per heavy atom. The normalized spacial score (nSPS) is 24.2. The van der Waals surface area contributed by atoms with E-state index in [9.17, 15) is 5.26 Å². The van der Waals surface area contributed by atoms with E-state index in [1.165, 1.54) is 38.5 Å². The highest BCUT2D eigenvalue weighted by molar-refractivity contribution is 6.31. The average Bonchev–Trinajstić information content (AvgIpc) is 2.63. The number of nitrogens with zero attached hydrogens (tertiary/aromatic N) is 1. The summed E-state index contributed by atoms with van der Waals surface area (Å²) in [6.45, 7) is 0. The Morgan fingerprint density at radius 1 is 1.00 bits per heavy atom. The second-order valence-corrected chi connectivity index (χ2v) is 6.85. The van der Waals surface area contributed by atoms with E-state index < -0.39 is 0 Å². The molecule has 1 nitrogen and oxygen atoms in total. The fraction of sp³-hybridized carbons (Fsp3) is 0.588. The zero-order valence-electron chi connectivity index (χ0n) is 11.3. The van der Waals surface area contributed by atoms with Gasteiger partial charge in [-0.3, -0.25) is 0 Å². The summed E-state index contributed by atoms with van der Waals surface area (Å²) in [5.74, 6) is 0. The van der Waals surface area contributed by atoms with Crippen molar-refractivity contribution in [3.63, 3.8) is 0 Å². The van der Waals surface area contributed by atoms with Crippen LogP contribution in [0.15, 0.2) is 24.3 Å². The minimum absolute atomic E-state index is 0.317. The molecule has 0 heterocycles. The van der Waals surface area contributed by atoms with Gasteiger partial charge < -0.3 is 0 Å². The van der Waals surface area contributed by atoms with Crippen LogP contribution in [0.5, 0.6) is 0 Å². The molecule has 0 amide bonds. The van der Waals surface area contributed by atoms with Gasteiger partial charge in [0.05, 0.1) is 11.5 Å². The zero-order chi connectivity index (χ0) is 13.3. The highest BCUT2D eigenvalue weighted by atomic mass is 35.5. The van der Waals surface area contributed by atoms with Gasteiger partial charge in [-0.05, 0) is 42.7 Å². The predicted octanol–water partition coefficient (Wildman–Crippen LogP) is 5.24. The van der Waals surface area contributed by atoms with Crippen molar-refractivity contribution in [2.24, 2.45) is 5.41 Å². The third-order valence-corrected chi connectivity index (χ3v) is 5.45. The van der Waals surface area contributed by atoms with Crippen molar-refractivity contribution in [3.05, 3.63) is 34.9 Å². The first kappa shape index (κ1) is 13.0. The van der Waals surface area contributed by atoms with Gasteiger partial charge in [0.25, 0.3) is 0 Å². The fourth-order valence-electron chi connectivity index (χ4n) is 4.24. The third kappa shape index (κ3) is 2.17. The van der Waals surface area contributed by atoms with E-state index in [-0.39, 0.29) is 5.41 Å². The van der Waals surface area contributed by atoms with Crippen molar-refractivity contribution >= 4 is 11.6 Å². The number of rotatable bonds is 1. The maximum Gasteiger partial charge on any atom is 0.0847 e. The molecule has 0 saturated heterocycles. The largest absolute Gasteiger partial charge is 0.197 e. The van der Waals surface area contributed by atoms with E-state index >= 15 is 0 Å². The number of benzene rings is 1. The second-order valence-electron chi connectivity index (χ2n) is 6.44. The molecule has 2 fully saturated rings. The Hall–Kier alpha value is -1.00. The van der Waals surface area contributed by atoms with Crippen molar-refractivity contribution in [1.82, 2.24) is 0 Å². The predicted molar refractivity (Wildman–Crippen MR) is 78.1 cm³/mol. The van der Waals surface area contributed by atoms with Crippen LogP contribution in [0.2, 0.25) is 5.02 Å². The van der Waals surface area contributed by atoms with Gasteiger partial charge >= 0.3 is 0 Å². The molecule has 0 radical (unpaired) electrons. The molecule has 1 aromatic carbocycles. The number of halogens is 1. The molecule has 0 unspecified atom stereocenters. The van der Waals surface area contributed by atoms with Crippen LogP contribution in [-0.4, -0.2) is 0 Å². The lowest BCUT2D eigenvalue weighted by Gasteiger charge is -2.53. The van der Waals surface area contributed by atoms with E-state index in [1.54, 1.807) is 0 Å². The zero-order valence-corrected chi connectivity index (χ0v) is 12.0. The minimum Gasteiger partial charge on any atom is -0.197 e. The van der Waals surface area contributed by atoms with Crippen molar-refractivity contribution in [3.8, 4) is 6.07 Å². The van der Waals surface area contributed by atoms with Crippen molar-refractivity contribution in [1.29, 1.82) is 5.26 Å². The van der Waals surface area contributed by atoms with Gasteiger partial charge in [0, 0.05) is 5.02 Å². The summed E-state index contributed by atoms with van der Waals surface area (Å²) in [5, 5.41) is 10.4. The number of nitriles is 1. The maximum atomic E-state index is 9.69. The Kier molecular flexibility index (Phi) is 3.31. The van der Waals surface area contributed by atoms with Crippen LogP contribution in [-0.2, 0) is 5.41 Å². The molecule has 2 aliphatic carbocycles. The summed E-state index contributed by atoms with van der Waals surface area (Å²) in [6.07, 6.45) is 10.1. The van der Waals surface area contributed by atoms with Gasteiger partial charge in [-0.25, -0.2) is 0 Å².